The number of hydrogen-bond acceptors (Lipinski definition) is 4. The van der Waals surface area contributed by atoms with Crippen LogP contribution in [-0.4, -0.2) is 22.5 Å². The molecule has 0 fully saturated rings. The molecule has 15 heavy (non-hydrogen) atoms. The fraction of sp³-hybridized carbons (Fsp3) is 0.200. The van der Waals surface area contributed by atoms with E-state index in [1.54, 1.807) is 19.1 Å². The Morgan fingerprint density at radius 2 is 2.40 bits per heavy atom. The molecular formula is C10H11N3O2. The Hall–Kier alpha value is -2.04. The van der Waals surface area contributed by atoms with Crippen LogP contribution < -0.4 is 5.73 Å². The Labute approximate surface area is 86.3 Å². The van der Waals surface area contributed by atoms with Gasteiger partial charge in [0.05, 0.1) is 18.5 Å². The SMILES string of the molecule is CCOC(=O)c1cc2cc(N)cnc2[nH]1. The van der Waals surface area contributed by atoms with Gasteiger partial charge in [-0.05, 0) is 19.1 Å². The van der Waals surface area contributed by atoms with E-state index in [2.05, 4.69) is 9.97 Å². The van der Waals surface area contributed by atoms with E-state index in [1.165, 1.54) is 6.20 Å². The summed E-state index contributed by atoms with van der Waals surface area (Å²) in [4.78, 5) is 18.3. The maximum atomic E-state index is 11.4. The van der Waals surface area contributed by atoms with Crippen molar-refractivity contribution in [2.75, 3.05) is 12.3 Å². The van der Waals surface area contributed by atoms with Crippen molar-refractivity contribution in [1.29, 1.82) is 0 Å². The van der Waals surface area contributed by atoms with E-state index in [4.69, 9.17) is 10.5 Å². The minimum atomic E-state index is -0.380. The number of nitrogens with two attached hydrogens (primary N) is 1. The summed E-state index contributed by atoms with van der Waals surface area (Å²) in [6.45, 7) is 2.11. The van der Waals surface area contributed by atoms with Crippen molar-refractivity contribution in [1.82, 2.24) is 9.97 Å². The quantitative estimate of drug-likeness (QED) is 0.724. The zero-order chi connectivity index (χ0) is 10.8. The molecule has 0 bridgehead atoms. The molecule has 2 heterocycles. The molecule has 0 aliphatic carbocycles. The lowest BCUT2D eigenvalue weighted by atomic mass is 10.3. The predicted molar refractivity (Wildman–Crippen MR) is 56.5 cm³/mol. The lowest BCUT2D eigenvalue weighted by Gasteiger charge is -1.96. The number of carbonyl (C=O) groups excluding carboxylic acids is 1. The molecule has 78 valence electrons. The first kappa shape index (κ1) is 9.51. The molecule has 2 rings (SSSR count). The molecule has 0 aliphatic heterocycles. The minimum Gasteiger partial charge on any atom is -0.461 e. The number of hydrogen-bond donors (Lipinski definition) is 2. The van der Waals surface area contributed by atoms with Crippen LogP contribution in [0.15, 0.2) is 18.3 Å². The molecule has 2 aromatic rings. The van der Waals surface area contributed by atoms with Gasteiger partial charge >= 0.3 is 5.97 Å². The number of nitrogen functional groups attached to an aromatic ring is 1. The average Bonchev–Trinajstić information content (AvgIpc) is 2.60. The summed E-state index contributed by atoms with van der Waals surface area (Å²) in [7, 11) is 0. The Kier molecular flexibility index (Phi) is 2.29. The number of rotatable bonds is 2. The molecular weight excluding hydrogens is 194 g/mol. The summed E-state index contributed by atoms with van der Waals surface area (Å²) < 4.78 is 4.86. The molecule has 0 unspecified atom stereocenters. The van der Waals surface area contributed by atoms with Gasteiger partial charge in [0.1, 0.15) is 11.3 Å². The molecule has 5 nitrogen and oxygen atoms in total. The number of carbonyl (C=O) groups is 1. The second kappa shape index (κ2) is 3.61. The molecule has 2 aromatic heterocycles. The number of pyridine rings is 1. The number of aromatic amines is 1. The second-order valence-electron chi connectivity index (χ2n) is 3.11. The van der Waals surface area contributed by atoms with Gasteiger partial charge in [0.2, 0.25) is 0 Å². The number of esters is 1. The fourth-order valence-corrected chi connectivity index (χ4v) is 1.35. The van der Waals surface area contributed by atoms with Crippen LogP contribution in [0.3, 0.4) is 0 Å². The van der Waals surface area contributed by atoms with Gasteiger partial charge in [-0.15, -0.1) is 0 Å². The standard InChI is InChI=1S/C10H11N3O2/c1-2-15-10(14)8-4-6-3-7(11)5-12-9(6)13-8/h3-5H,2,11H2,1H3,(H,12,13). The van der Waals surface area contributed by atoms with Gasteiger partial charge in [-0.1, -0.05) is 0 Å². The summed E-state index contributed by atoms with van der Waals surface area (Å²) in [6, 6.07) is 3.43. The third-order valence-electron chi connectivity index (χ3n) is 1.99. The Bertz CT molecular complexity index is 504. The van der Waals surface area contributed by atoms with Crippen LogP contribution in [0.25, 0.3) is 11.0 Å². The van der Waals surface area contributed by atoms with E-state index in [0.29, 0.717) is 23.6 Å². The van der Waals surface area contributed by atoms with E-state index >= 15 is 0 Å². The highest BCUT2D eigenvalue weighted by molar-refractivity contribution is 5.94. The number of H-pyrrole nitrogens is 1. The molecule has 0 saturated carbocycles. The smallest absolute Gasteiger partial charge is 0.354 e. The van der Waals surface area contributed by atoms with Gasteiger partial charge in [-0.25, -0.2) is 9.78 Å². The van der Waals surface area contributed by atoms with Crippen LogP contribution in [0.4, 0.5) is 5.69 Å². The van der Waals surface area contributed by atoms with Gasteiger partial charge in [-0.2, -0.15) is 0 Å². The first-order valence-electron chi connectivity index (χ1n) is 4.62. The highest BCUT2D eigenvalue weighted by Gasteiger charge is 2.10. The molecule has 0 amide bonds. The number of fused-ring (bicyclic) bond motifs is 1. The van der Waals surface area contributed by atoms with Crippen molar-refractivity contribution >= 4 is 22.7 Å². The van der Waals surface area contributed by atoms with E-state index < -0.39 is 0 Å². The van der Waals surface area contributed by atoms with Crippen molar-refractivity contribution in [3.8, 4) is 0 Å². The molecule has 5 heteroatoms. The first-order chi connectivity index (χ1) is 7.20. The molecule has 3 N–H and O–H groups in total. The van der Waals surface area contributed by atoms with Crippen molar-refractivity contribution in [2.24, 2.45) is 0 Å². The maximum Gasteiger partial charge on any atom is 0.354 e. The number of aromatic nitrogens is 2. The normalized spacial score (nSPS) is 10.5. The Morgan fingerprint density at radius 1 is 1.60 bits per heavy atom. The fourth-order valence-electron chi connectivity index (χ4n) is 1.35. The number of anilines is 1. The molecule has 0 spiro atoms. The monoisotopic (exact) mass is 205 g/mol. The van der Waals surface area contributed by atoms with Crippen LogP contribution in [-0.2, 0) is 4.74 Å². The molecule has 0 aromatic carbocycles. The topological polar surface area (TPSA) is 81.0 Å². The second-order valence-corrected chi connectivity index (χ2v) is 3.11. The molecule has 0 saturated heterocycles. The van der Waals surface area contributed by atoms with E-state index in [1.807, 2.05) is 0 Å². The average molecular weight is 205 g/mol. The molecule has 0 radical (unpaired) electrons. The highest BCUT2D eigenvalue weighted by Crippen LogP contribution is 2.16. The molecule has 0 aliphatic rings. The number of nitrogens with one attached hydrogen (secondary N) is 1. The number of ether oxygens (including phenoxy) is 1. The van der Waals surface area contributed by atoms with Crippen molar-refractivity contribution in [3.05, 3.63) is 24.0 Å². The first-order valence-corrected chi connectivity index (χ1v) is 4.62. The minimum absolute atomic E-state index is 0.351. The zero-order valence-electron chi connectivity index (χ0n) is 8.28. The summed E-state index contributed by atoms with van der Waals surface area (Å²) in [6.07, 6.45) is 1.54. The van der Waals surface area contributed by atoms with E-state index in [9.17, 15) is 4.79 Å². The van der Waals surface area contributed by atoms with Crippen LogP contribution in [0.1, 0.15) is 17.4 Å². The highest BCUT2D eigenvalue weighted by atomic mass is 16.5. The van der Waals surface area contributed by atoms with Gasteiger partial charge in [-0.3, -0.25) is 0 Å². The lowest BCUT2D eigenvalue weighted by molar-refractivity contribution is 0.0520. The zero-order valence-corrected chi connectivity index (χ0v) is 8.28. The van der Waals surface area contributed by atoms with Gasteiger partial charge in [0.15, 0.2) is 0 Å². The number of nitrogens with zero attached hydrogens (tertiary/aromatic N) is 1. The lowest BCUT2D eigenvalue weighted by Crippen LogP contribution is -2.04. The molecule has 0 atom stereocenters. The van der Waals surface area contributed by atoms with Crippen LogP contribution in [0.2, 0.25) is 0 Å². The van der Waals surface area contributed by atoms with Crippen LogP contribution >= 0.6 is 0 Å². The van der Waals surface area contributed by atoms with Gasteiger partial charge in [0, 0.05) is 5.39 Å². The summed E-state index contributed by atoms with van der Waals surface area (Å²) in [5.74, 6) is -0.380. The van der Waals surface area contributed by atoms with Gasteiger partial charge < -0.3 is 15.5 Å². The van der Waals surface area contributed by atoms with E-state index in [0.717, 1.165) is 5.39 Å². The van der Waals surface area contributed by atoms with Crippen LogP contribution in [0, 0.1) is 0 Å². The van der Waals surface area contributed by atoms with Gasteiger partial charge in [0.25, 0.3) is 0 Å². The summed E-state index contributed by atoms with van der Waals surface area (Å²) in [5.41, 5.74) is 7.17. The van der Waals surface area contributed by atoms with Crippen LogP contribution in [0.5, 0.6) is 0 Å². The Morgan fingerprint density at radius 3 is 3.13 bits per heavy atom. The third kappa shape index (κ3) is 1.76. The van der Waals surface area contributed by atoms with Crippen molar-refractivity contribution in [2.45, 2.75) is 6.92 Å². The van der Waals surface area contributed by atoms with E-state index in [-0.39, 0.29) is 5.97 Å². The third-order valence-corrected chi connectivity index (χ3v) is 1.99. The maximum absolute atomic E-state index is 11.4. The summed E-state index contributed by atoms with van der Waals surface area (Å²) >= 11 is 0. The largest absolute Gasteiger partial charge is 0.461 e. The Balaban J connectivity index is 2.42. The van der Waals surface area contributed by atoms with Crippen molar-refractivity contribution in [3.63, 3.8) is 0 Å². The summed E-state index contributed by atoms with van der Waals surface area (Å²) in [5, 5.41) is 0.804. The predicted octanol–water partition coefficient (Wildman–Crippen LogP) is 1.32. The van der Waals surface area contributed by atoms with Crippen molar-refractivity contribution < 1.29 is 9.53 Å².